The number of nitrogens with two attached hydrogens (primary N) is 1. The first-order chi connectivity index (χ1) is 9.20. The number of anilines is 1. The van der Waals surface area contributed by atoms with Crippen molar-refractivity contribution in [1.82, 2.24) is 0 Å². The maximum absolute atomic E-state index is 9.53. The van der Waals surface area contributed by atoms with Gasteiger partial charge in [0.15, 0.2) is 0 Å². The van der Waals surface area contributed by atoms with Crippen molar-refractivity contribution in [2.45, 2.75) is 12.8 Å². The first-order valence-corrected chi connectivity index (χ1v) is 6.50. The highest BCUT2D eigenvalue weighted by atomic mass is 16.5. The Morgan fingerprint density at radius 1 is 1.21 bits per heavy atom. The summed E-state index contributed by atoms with van der Waals surface area (Å²) in [6.45, 7) is 0.715. The van der Waals surface area contributed by atoms with Crippen LogP contribution in [-0.2, 0) is 12.8 Å². The van der Waals surface area contributed by atoms with Crippen LogP contribution in [0.1, 0.15) is 11.1 Å². The summed E-state index contributed by atoms with van der Waals surface area (Å²) in [5.41, 5.74) is 8.91. The number of aromatic hydroxyl groups is 1. The van der Waals surface area contributed by atoms with Crippen LogP contribution in [-0.4, -0.2) is 11.7 Å². The number of fused-ring (bicyclic) bond motifs is 1. The van der Waals surface area contributed by atoms with Crippen LogP contribution in [0.4, 0.5) is 5.69 Å². The monoisotopic (exact) mass is 255 g/mol. The van der Waals surface area contributed by atoms with E-state index in [1.165, 1.54) is 5.56 Å². The quantitative estimate of drug-likeness (QED) is 0.811. The molecule has 1 aliphatic rings. The second kappa shape index (κ2) is 4.84. The van der Waals surface area contributed by atoms with Gasteiger partial charge in [-0.3, -0.25) is 0 Å². The van der Waals surface area contributed by atoms with E-state index in [0.29, 0.717) is 18.3 Å². The lowest BCUT2D eigenvalue weighted by molar-refractivity contribution is 0.221. The first-order valence-electron chi connectivity index (χ1n) is 6.50. The SMILES string of the molecule is Nc1cccc(CC2COc3ccc(O)cc3C2)c1. The van der Waals surface area contributed by atoms with Crippen molar-refractivity contribution in [1.29, 1.82) is 0 Å². The molecule has 2 aromatic rings. The second-order valence-electron chi connectivity index (χ2n) is 5.12. The minimum Gasteiger partial charge on any atom is -0.508 e. The number of phenolic OH excluding ortho intramolecular Hbond substituents is 1. The van der Waals surface area contributed by atoms with Crippen molar-refractivity contribution in [3.05, 3.63) is 53.6 Å². The maximum atomic E-state index is 9.53. The normalized spacial score (nSPS) is 17.6. The molecule has 3 rings (SSSR count). The molecule has 3 N–H and O–H groups in total. The van der Waals surface area contributed by atoms with Gasteiger partial charge in [-0.05, 0) is 54.3 Å². The fraction of sp³-hybridized carbons (Fsp3) is 0.250. The van der Waals surface area contributed by atoms with Crippen LogP contribution in [0, 0.1) is 5.92 Å². The molecule has 1 unspecified atom stereocenters. The van der Waals surface area contributed by atoms with E-state index in [9.17, 15) is 5.11 Å². The van der Waals surface area contributed by atoms with Crippen molar-refractivity contribution in [3.8, 4) is 11.5 Å². The zero-order chi connectivity index (χ0) is 13.2. The highest BCUT2D eigenvalue weighted by Crippen LogP contribution is 2.31. The number of benzene rings is 2. The smallest absolute Gasteiger partial charge is 0.122 e. The molecule has 98 valence electrons. The largest absolute Gasteiger partial charge is 0.508 e. The van der Waals surface area contributed by atoms with Crippen LogP contribution >= 0.6 is 0 Å². The summed E-state index contributed by atoms with van der Waals surface area (Å²) in [5.74, 6) is 1.62. The molecular weight excluding hydrogens is 238 g/mol. The van der Waals surface area contributed by atoms with Gasteiger partial charge in [0.1, 0.15) is 11.5 Å². The molecule has 0 radical (unpaired) electrons. The van der Waals surface area contributed by atoms with Crippen LogP contribution in [0.2, 0.25) is 0 Å². The summed E-state index contributed by atoms with van der Waals surface area (Å²) < 4.78 is 5.75. The van der Waals surface area contributed by atoms with E-state index < -0.39 is 0 Å². The zero-order valence-electron chi connectivity index (χ0n) is 10.7. The van der Waals surface area contributed by atoms with E-state index in [1.807, 2.05) is 24.3 Å². The minimum absolute atomic E-state index is 0.298. The number of nitrogen functional groups attached to an aromatic ring is 1. The molecule has 0 aromatic heterocycles. The van der Waals surface area contributed by atoms with Gasteiger partial charge in [-0.1, -0.05) is 12.1 Å². The Morgan fingerprint density at radius 2 is 2.11 bits per heavy atom. The first kappa shape index (κ1) is 11.9. The summed E-state index contributed by atoms with van der Waals surface area (Å²) in [6.07, 6.45) is 1.87. The summed E-state index contributed by atoms with van der Waals surface area (Å²) in [6, 6.07) is 13.3. The molecule has 0 spiro atoms. The molecule has 1 atom stereocenters. The molecule has 3 heteroatoms. The van der Waals surface area contributed by atoms with Gasteiger partial charge in [0.25, 0.3) is 0 Å². The molecule has 19 heavy (non-hydrogen) atoms. The van der Waals surface area contributed by atoms with E-state index in [-0.39, 0.29) is 0 Å². The van der Waals surface area contributed by atoms with Gasteiger partial charge in [-0.15, -0.1) is 0 Å². The molecule has 0 amide bonds. The molecule has 2 aromatic carbocycles. The average molecular weight is 255 g/mol. The summed E-state index contributed by atoms with van der Waals surface area (Å²) >= 11 is 0. The Balaban J connectivity index is 1.75. The van der Waals surface area contributed by atoms with E-state index in [2.05, 4.69) is 6.07 Å². The topological polar surface area (TPSA) is 55.5 Å². The van der Waals surface area contributed by atoms with Gasteiger partial charge in [-0.25, -0.2) is 0 Å². The maximum Gasteiger partial charge on any atom is 0.122 e. The number of rotatable bonds is 2. The van der Waals surface area contributed by atoms with Crippen LogP contribution < -0.4 is 10.5 Å². The lowest BCUT2D eigenvalue weighted by Crippen LogP contribution is -2.22. The lowest BCUT2D eigenvalue weighted by Gasteiger charge is -2.25. The van der Waals surface area contributed by atoms with Gasteiger partial charge in [0, 0.05) is 11.6 Å². The number of ether oxygens (including phenoxy) is 1. The van der Waals surface area contributed by atoms with Gasteiger partial charge < -0.3 is 15.6 Å². The van der Waals surface area contributed by atoms with Crippen LogP contribution in [0.15, 0.2) is 42.5 Å². The van der Waals surface area contributed by atoms with E-state index in [4.69, 9.17) is 10.5 Å². The molecule has 0 aliphatic carbocycles. The molecule has 0 saturated carbocycles. The zero-order valence-corrected chi connectivity index (χ0v) is 10.7. The third-order valence-corrected chi connectivity index (χ3v) is 3.50. The molecule has 0 bridgehead atoms. The number of phenols is 1. The van der Waals surface area contributed by atoms with E-state index in [1.54, 1.807) is 12.1 Å². The van der Waals surface area contributed by atoms with Gasteiger partial charge in [0.05, 0.1) is 6.61 Å². The average Bonchev–Trinajstić information content (AvgIpc) is 2.38. The number of hydrogen-bond donors (Lipinski definition) is 2. The third-order valence-electron chi connectivity index (χ3n) is 3.50. The minimum atomic E-state index is 0.298. The van der Waals surface area contributed by atoms with Crippen LogP contribution in [0.5, 0.6) is 11.5 Å². The van der Waals surface area contributed by atoms with Crippen molar-refractivity contribution in [2.24, 2.45) is 5.92 Å². The van der Waals surface area contributed by atoms with Crippen molar-refractivity contribution in [3.63, 3.8) is 0 Å². The molecule has 0 fully saturated rings. The van der Waals surface area contributed by atoms with Crippen LogP contribution in [0.3, 0.4) is 0 Å². The molecular formula is C16H17NO2. The van der Waals surface area contributed by atoms with Gasteiger partial charge in [-0.2, -0.15) is 0 Å². The molecule has 0 saturated heterocycles. The Morgan fingerprint density at radius 3 is 2.95 bits per heavy atom. The Hall–Kier alpha value is -2.16. The predicted octanol–water partition coefficient (Wildman–Crippen LogP) is 2.77. The summed E-state index contributed by atoms with van der Waals surface area (Å²) in [4.78, 5) is 0. The van der Waals surface area contributed by atoms with E-state index in [0.717, 1.165) is 29.8 Å². The fourth-order valence-corrected chi connectivity index (χ4v) is 2.63. The third kappa shape index (κ3) is 2.65. The molecule has 1 heterocycles. The fourth-order valence-electron chi connectivity index (χ4n) is 2.63. The summed E-state index contributed by atoms with van der Waals surface area (Å²) in [5, 5.41) is 9.53. The molecule has 1 aliphatic heterocycles. The Bertz CT molecular complexity index is 595. The summed E-state index contributed by atoms with van der Waals surface area (Å²) in [7, 11) is 0. The van der Waals surface area contributed by atoms with Gasteiger partial charge >= 0.3 is 0 Å². The van der Waals surface area contributed by atoms with Crippen molar-refractivity contribution in [2.75, 3.05) is 12.3 Å². The number of hydrogen-bond acceptors (Lipinski definition) is 3. The Labute approximate surface area is 112 Å². The van der Waals surface area contributed by atoms with Crippen LogP contribution in [0.25, 0.3) is 0 Å². The van der Waals surface area contributed by atoms with Crippen molar-refractivity contribution >= 4 is 5.69 Å². The second-order valence-corrected chi connectivity index (χ2v) is 5.12. The molecule has 3 nitrogen and oxygen atoms in total. The standard InChI is InChI=1S/C16H17NO2/c17-14-3-1-2-11(8-14)6-12-7-13-9-15(18)4-5-16(13)19-10-12/h1-5,8-9,12,18H,6-7,10,17H2. The van der Waals surface area contributed by atoms with E-state index >= 15 is 0 Å². The van der Waals surface area contributed by atoms with Gasteiger partial charge in [0.2, 0.25) is 0 Å². The lowest BCUT2D eigenvalue weighted by atomic mass is 9.91. The van der Waals surface area contributed by atoms with Crippen molar-refractivity contribution < 1.29 is 9.84 Å². The highest BCUT2D eigenvalue weighted by molar-refractivity contribution is 5.42. The highest BCUT2D eigenvalue weighted by Gasteiger charge is 2.20. The predicted molar refractivity (Wildman–Crippen MR) is 75.4 cm³/mol. The Kier molecular flexibility index (Phi) is 3.03.